The van der Waals surface area contributed by atoms with Crippen LogP contribution in [-0.4, -0.2) is 33.2 Å². The van der Waals surface area contributed by atoms with E-state index in [4.69, 9.17) is 0 Å². The summed E-state index contributed by atoms with van der Waals surface area (Å²) in [6.07, 6.45) is 5.12. The van der Waals surface area contributed by atoms with E-state index in [1.807, 2.05) is 35.2 Å². The van der Waals surface area contributed by atoms with E-state index in [9.17, 15) is 9.90 Å². The van der Waals surface area contributed by atoms with Gasteiger partial charge in [0.25, 0.3) is 0 Å². The molecule has 0 amide bonds. The third-order valence-electron chi connectivity index (χ3n) is 3.05. The van der Waals surface area contributed by atoms with Gasteiger partial charge in [0.15, 0.2) is 0 Å². The average Bonchev–Trinajstić information content (AvgIpc) is 3.08. The van der Waals surface area contributed by atoms with Gasteiger partial charge in [0, 0.05) is 18.9 Å². The normalized spacial score (nSPS) is 12.4. The zero-order valence-electron chi connectivity index (χ0n) is 11.5. The van der Waals surface area contributed by atoms with Crippen molar-refractivity contribution in [3.05, 3.63) is 29.9 Å². The van der Waals surface area contributed by atoms with Crippen LogP contribution in [0.3, 0.4) is 0 Å². The summed E-state index contributed by atoms with van der Waals surface area (Å²) in [6.45, 7) is 3.39. The van der Waals surface area contributed by atoms with Crippen LogP contribution >= 0.6 is 11.3 Å². The number of imidazole rings is 1. The fourth-order valence-electron chi connectivity index (χ4n) is 2.02. The lowest BCUT2D eigenvalue weighted by atomic mass is 10.2. The van der Waals surface area contributed by atoms with Gasteiger partial charge in [-0.3, -0.25) is 4.79 Å². The van der Waals surface area contributed by atoms with Crippen molar-refractivity contribution < 1.29 is 9.90 Å². The van der Waals surface area contributed by atoms with Crippen molar-refractivity contribution in [3.63, 3.8) is 0 Å². The molecule has 0 aromatic carbocycles. The molecule has 6 heteroatoms. The number of rotatable bonds is 8. The van der Waals surface area contributed by atoms with Gasteiger partial charge in [-0.25, -0.2) is 4.98 Å². The largest absolute Gasteiger partial charge is 0.480 e. The van der Waals surface area contributed by atoms with Crippen molar-refractivity contribution in [3.8, 4) is 10.7 Å². The summed E-state index contributed by atoms with van der Waals surface area (Å²) in [5, 5.41) is 14.3. The van der Waals surface area contributed by atoms with Crippen LogP contribution in [0.4, 0.5) is 0 Å². The molecule has 0 aliphatic carbocycles. The zero-order valence-corrected chi connectivity index (χ0v) is 12.3. The molecule has 108 valence electrons. The van der Waals surface area contributed by atoms with Gasteiger partial charge < -0.3 is 15.0 Å². The van der Waals surface area contributed by atoms with Gasteiger partial charge in [-0.15, -0.1) is 11.3 Å². The molecule has 2 N–H and O–H groups in total. The molecule has 20 heavy (non-hydrogen) atoms. The van der Waals surface area contributed by atoms with Crippen LogP contribution in [0.2, 0.25) is 0 Å². The summed E-state index contributed by atoms with van der Waals surface area (Å²) in [4.78, 5) is 16.6. The Morgan fingerprint density at radius 1 is 1.60 bits per heavy atom. The quantitative estimate of drug-likeness (QED) is 0.784. The summed E-state index contributed by atoms with van der Waals surface area (Å²) >= 11 is 1.63. The predicted molar refractivity (Wildman–Crippen MR) is 79.9 cm³/mol. The maximum Gasteiger partial charge on any atom is 0.320 e. The van der Waals surface area contributed by atoms with E-state index in [0.29, 0.717) is 13.0 Å². The summed E-state index contributed by atoms with van der Waals surface area (Å²) < 4.78 is 2.01. The van der Waals surface area contributed by atoms with Crippen molar-refractivity contribution in [2.45, 2.75) is 32.4 Å². The van der Waals surface area contributed by atoms with Crippen molar-refractivity contribution in [1.29, 1.82) is 0 Å². The molecule has 1 atom stereocenters. The average molecular weight is 293 g/mol. The highest BCUT2D eigenvalue weighted by Crippen LogP contribution is 2.23. The summed E-state index contributed by atoms with van der Waals surface area (Å²) in [6, 6.07) is 3.50. The van der Waals surface area contributed by atoms with Gasteiger partial charge in [-0.1, -0.05) is 13.0 Å². The Bertz CT molecular complexity index is 536. The second-order valence-corrected chi connectivity index (χ2v) is 5.50. The number of hydrogen-bond acceptors (Lipinski definition) is 4. The smallest absolute Gasteiger partial charge is 0.320 e. The van der Waals surface area contributed by atoms with Gasteiger partial charge in [-0.05, 0) is 30.8 Å². The Balaban J connectivity index is 2.00. The summed E-state index contributed by atoms with van der Waals surface area (Å²) in [5.41, 5.74) is 0. The van der Waals surface area contributed by atoms with Crippen LogP contribution in [0, 0.1) is 0 Å². The number of hydrogen-bond donors (Lipinski definition) is 2. The SMILES string of the molecule is CCCNC(CCn1ccnc1-c1cccs1)C(=O)O. The fraction of sp³-hybridized carbons (Fsp3) is 0.429. The number of nitrogens with one attached hydrogen (secondary N) is 1. The molecule has 2 aromatic heterocycles. The number of aromatic nitrogens is 2. The van der Waals surface area contributed by atoms with E-state index in [2.05, 4.69) is 10.3 Å². The molecular formula is C14H19N3O2S. The lowest BCUT2D eigenvalue weighted by Gasteiger charge is -2.15. The van der Waals surface area contributed by atoms with Crippen LogP contribution in [0.25, 0.3) is 10.7 Å². The Labute approximate surface area is 122 Å². The van der Waals surface area contributed by atoms with Crippen molar-refractivity contribution in [2.75, 3.05) is 6.54 Å². The molecule has 0 aliphatic rings. The molecule has 0 radical (unpaired) electrons. The highest BCUT2D eigenvalue weighted by atomic mass is 32.1. The first-order chi connectivity index (χ1) is 9.72. The standard InChI is InChI=1S/C14H19N3O2S/c1-2-6-15-11(14(18)19)5-8-17-9-7-16-13(17)12-4-3-10-20-12/h3-4,7,9-11,15H,2,5-6,8H2,1H3,(H,18,19). The first-order valence-corrected chi connectivity index (χ1v) is 7.61. The van der Waals surface area contributed by atoms with E-state index < -0.39 is 12.0 Å². The highest BCUT2D eigenvalue weighted by Gasteiger charge is 2.17. The highest BCUT2D eigenvalue weighted by molar-refractivity contribution is 7.13. The molecule has 0 saturated carbocycles. The predicted octanol–water partition coefficient (Wildman–Crippen LogP) is 2.45. The van der Waals surface area contributed by atoms with Gasteiger partial charge in [0.1, 0.15) is 11.9 Å². The number of thiophene rings is 1. The second kappa shape index (κ2) is 7.21. The Hall–Kier alpha value is -1.66. The molecule has 5 nitrogen and oxygen atoms in total. The van der Waals surface area contributed by atoms with Crippen molar-refractivity contribution in [2.24, 2.45) is 0 Å². The topological polar surface area (TPSA) is 67.2 Å². The maximum absolute atomic E-state index is 11.2. The monoisotopic (exact) mass is 293 g/mol. The van der Waals surface area contributed by atoms with E-state index in [1.54, 1.807) is 17.5 Å². The lowest BCUT2D eigenvalue weighted by molar-refractivity contribution is -0.139. The first-order valence-electron chi connectivity index (χ1n) is 6.73. The Morgan fingerprint density at radius 3 is 3.10 bits per heavy atom. The molecule has 0 fully saturated rings. The van der Waals surface area contributed by atoms with Gasteiger partial charge in [0.05, 0.1) is 4.88 Å². The minimum atomic E-state index is -0.795. The zero-order chi connectivity index (χ0) is 14.4. The molecule has 0 bridgehead atoms. The fourth-order valence-corrected chi connectivity index (χ4v) is 2.76. The number of carboxylic acid groups (broad SMARTS) is 1. The Kier molecular flexibility index (Phi) is 5.31. The number of carbonyl (C=O) groups is 1. The van der Waals surface area contributed by atoms with E-state index >= 15 is 0 Å². The molecule has 2 rings (SSSR count). The number of nitrogens with zero attached hydrogens (tertiary/aromatic N) is 2. The minimum absolute atomic E-state index is 0.506. The van der Waals surface area contributed by atoms with Crippen LogP contribution < -0.4 is 5.32 Å². The third kappa shape index (κ3) is 3.68. The van der Waals surface area contributed by atoms with Gasteiger partial charge in [0.2, 0.25) is 0 Å². The molecule has 2 heterocycles. The Morgan fingerprint density at radius 2 is 2.45 bits per heavy atom. The first kappa shape index (κ1) is 14.7. The molecule has 0 aliphatic heterocycles. The molecule has 0 spiro atoms. The van der Waals surface area contributed by atoms with Crippen LogP contribution in [0.1, 0.15) is 19.8 Å². The number of carboxylic acids is 1. The van der Waals surface area contributed by atoms with Crippen LogP contribution in [0.15, 0.2) is 29.9 Å². The van der Waals surface area contributed by atoms with Crippen LogP contribution in [0.5, 0.6) is 0 Å². The van der Waals surface area contributed by atoms with Crippen molar-refractivity contribution >= 4 is 17.3 Å². The molecule has 0 saturated heterocycles. The second-order valence-electron chi connectivity index (χ2n) is 4.56. The van der Waals surface area contributed by atoms with E-state index in [-0.39, 0.29) is 0 Å². The van der Waals surface area contributed by atoms with Crippen LogP contribution in [-0.2, 0) is 11.3 Å². The summed E-state index contributed by atoms with van der Waals surface area (Å²) in [7, 11) is 0. The molecular weight excluding hydrogens is 274 g/mol. The number of aryl methyl sites for hydroxylation is 1. The molecule has 1 unspecified atom stereocenters. The molecule has 2 aromatic rings. The lowest BCUT2D eigenvalue weighted by Crippen LogP contribution is -2.37. The summed E-state index contributed by atoms with van der Waals surface area (Å²) in [5.74, 6) is 0.107. The minimum Gasteiger partial charge on any atom is -0.480 e. The van der Waals surface area contributed by atoms with E-state index in [0.717, 1.165) is 23.7 Å². The number of aliphatic carboxylic acids is 1. The van der Waals surface area contributed by atoms with Gasteiger partial charge >= 0.3 is 5.97 Å². The van der Waals surface area contributed by atoms with Crippen molar-refractivity contribution in [1.82, 2.24) is 14.9 Å². The van der Waals surface area contributed by atoms with Gasteiger partial charge in [-0.2, -0.15) is 0 Å². The maximum atomic E-state index is 11.2. The third-order valence-corrected chi connectivity index (χ3v) is 3.92. The van der Waals surface area contributed by atoms with E-state index in [1.165, 1.54) is 0 Å².